The van der Waals surface area contributed by atoms with Crippen LogP contribution in [0.25, 0.3) is 0 Å². The highest BCUT2D eigenvalue weighted by Crippen LogP contribution is 2.13. The van der Waals surface area contributed by atoms with E-state index in [0.717, 1.165) is 18.9 Å². The Labute approximate surface area is 94.2 Å². The minimum atomic E-state index is 0.892. The highest BCUT2D eigenvalue weighted by atomic mass is 16.5. The third kappa shape index (κ3) is 5.50. The Morgan fingerprint density at radius 1 is 1.33 bits per heavy atom. The Bertz CT molecular complexity index is 147. The number of hydrogen-bond donors (Lipinski definition) is 1. The van der Waals surface area contributed by atoms with Crippen LogP contribution in [0.4, 0.5) is 0 Å². The Morgan fingerprint density at radius 3 is 2.67 bits per heavy atom. The topological polar surface area (TPSA) is 24.5 Å². The molecule has 3 nitrogen and oxygen atoms in total. The SMILES string of the molecule is CCN(CCCOC)CC1CCNCC1. The molecule has 0 bridgehead atoms. The highest BCUT2D eigenvalue weighted by Gasteiger charge is 2.15. The van der Waals surface area contributed by atoms with Crippen LogP contribution in [0.2, 0.25) is 0 Å². The van der Waals surface area contributed by atoms with Crippen LogP contribution < -0.4 is 5.32 Å². The maximum atomic E-state index is 5.09. The van der Waals surface area contributed by atoms with Crippen molar-refractivity contribution in [1.29, 1.82) is 0 Å². The molecule has 0 spiro atoms. The summed E-state index contributed by atoms with van der Waals surface area (Å²) in [5.41, 5.74) is 0. The molecule has 1 fully saturated rings. The molecule has 1 heterocycles. The van der Waals surface area contributed by atoms with E-state index in [0.29, 0.717) is 0 Å². The van der Waals surface area contributed by atoms with Gasteiger partial charge in [0.2, 0.25) is 0 Å². The van der Waals surface area contributed by atoms with Crippen molar-refractivity contribution < 1.29 is 4.74 Å². The Hall–Kier alpha value is -0.120. The van der Waals surface area contributed by atoms with Crippen LogP contribution in [-0.4, -0.2) is 51.3 Å². The zero-order valence-corrected chi connectivity index (χ0v) is 10.3. The molecule has 0 radical (unpaired) electrons. The molecule has 0 atom stereocenters. The van der Waals surface area contributed by atoms with Gasteiger partial charge < -0.3 is 15.0 Å². The molecule has 0 aromatic rings. The van der Waals surface area contributed by atoms with Crippen molar-refractivity contribution in [3.63, 3.8) is 0 Å². The van der Waals surface area contributed by atoms with Crippen LogP contribution in [0.15, 0.2) is 0 Å². The first kappa shape index (κ1) is 12.9. The van der Waals surface area contributed by atoms with E-state index < -0.39 is 0 Å². The number of ether oxygens (including phenoxy) is 1. The fraction of sp³-hybridized carbons (Fsp3) is 1.00. The van der Waals surface area contributed by atoms with Gasteiger partial charge in [-0.25, -0.2) is 0 Å². The van der Waals surface area contributed by atoms with Crippen molar-refractivity contribution in [2.75, 3.05) is 46.4 Å². The van der Waals surface area contributed by atoms with E-state index >= 15 is 0 Å². The second-order valence-electron chi connectivity index (χ2n) is 4.43. The van der Waals surface area contributed by atoms with Crippen LogP contribution in [0, 0.1) is 5.92 Å². The predicted molar refractivity (Wildman–Crippen MR) is 64.2 cm³/mol. The van der Waals surface area contributed by atoms with E-state index in [1.807, 2.05) is 0 Å². The summed E-state index contributed by atoms with van der Waals surface area (Å²) in [5.74, 6) is 0.911. The number of nitrogens with zero attached hydrogens (tertiary/aromatic N) is 1. The number of nitrogens with one attached hydrogen (secondary N) is 1. The molecule has 0 aromatic heterocycles. The largest absolute Gasteiger partial charge is 0.385 e. The van der Waals surface area contributed by atoms with E-state index in [1.54, 1.807) is 7.11 Å². The molecule has 15 heavy (non-hydrogen) atoms. The summed E-state index contributed by atoms with van der Waals surface area (Å²) in [5, 5.41) is 3.42. The predicted octanol–water partition coefficient (Wildman–Crippen LogP) is 1.34. The van der Waals surface area contributed by atoms with Gasteiger partial charge in [-0.2, -0.15) is 0 Å². The van der Waals surface area contributed by atoms with Gasteiger partial charge in [0.1, 0.15) is 0 Å². The lowest BCUT2D eigenvalue weighted by Crippen LogP contribution is -2.36. The summed E-state index contributed by atoms with van der Waals surface area (Å²) < 4.78 is 5.09. The number of hydrogen-bond acceptors (Lipinski definition) is 3. The van der Waals surface area contributed by atoms with Gasteiger partial charge >= 0.3 is 0 Å². The molecular formula is C12H26N2O. The molecular weight excluding hydrogens is 188 g/mol. The summed E-state index contributed by atoms with van der Waals surface area (Å²) in [6, 6.07) is 0. The van der Waals surface area contributed by atoms with Gasteiger partial charge in [0.05, 0.1) is 0 Å². The van der Waals surface area contributed by atoms with Crippen molar-refractivity contribution in [2.45, 2.75) is 26.2 Å². The van der Waals surface area contributed by atoms with Gasteiger partial charge in [-0.05, 0) is 44.8 Å². The average Bonchev–Trinajstić information content (AvgIpc) is 2.29. The maximum Gasteiger partial charge on any atom is 0.0474 e. The molecule has 1 N–H and O–H groups in total. The fourth-order valence-corrected chi connectivity index (χ4v) is 2.24. The maximum absolute atomic E-state index is 5.09. The van der Waals surface area contributed by atoms with Gasteiger partial charge in [0.25, 0.3) is 0 Å². The summed E-state index contributed by atoms with van der Waals surface area (Å²) in [6.07, 6.45) is 3.86. The summed E-state index contributed by atoms with van der Waals surface area (Å²) in [6.45, 7) is 9.21. The molecule has 1 saturated heterocycles. The standard InChI is InChI=1S/C12H26N2O/c1-3-14(9-4-10-15-2)11-12-5-7-13-8-6-12/h12-13H,3-11H2,1-2H3. The zero-order chi connectivity index (χ0) is 10.9. The highest BCUT2D eigenvalue weighted by molar-refractivity contribution is 4.72. The quantitative estimate of drug-likeness (QED) is 0.647. The Morgan fingerprint density at radius 2 is 2.07 bits per heavy atom. The monoisotopic (exact) mass is 214 g/mol. The molecule has 0 saturated carbocycles. The van der Waals surface area contributed by atoms with Crippen molar-refractivity contribution in [3.8, 4) is 0 Å². The minimum Gasteiger partial charge on any atom is -0.385 e. The Kier molecular flexibility index (Phi) is 6.98. The second kappa shape index (κ2) is 8.08. The van der Waals surface area contributed by atoms with Gasteiger partial charge in [0, 0.05) is 26.8 Å². The number of methoxy groups -OCH3 is 1. The van der Waals surface area contributed by atoms with E-state index in [1.165, 1.54) is 45.6 Å². The van der Waals surface area contributed by atoms with E-state index in [9.17, 15) is 0 Å². The molecule has 1 aliphatic heterocycles. The molecule has 90 valence electrons. The van der Waals surface area contributed by atoms with Crippen molar-refractivity contribution in [3.05, 3.63) is 0 Å². The fourth-order valence-electron chi connectivity index (χ4n) is 2.24. The minimum absolute atomic E-state index is 0.892. The lowest BCUT2D eigenvalue weighted by atomic mass is 9.97. The first-order valence-corrected chi connectivity index (χ1v) is 6.28. The van der Waals surface area contributed by atoms with Gasteiger partial charge in [0.15, 0.2) is 0 Å². The van der Waals surface area contributed by atoms with E-state index in [2.05, 4.69) is 17.1 Å². The van der Waals surface area contributed by atoms with E-state index in [-0.39, 0.29) is 0 Å². The first-order valence-electron chi connectivity index (χ1n) is 6.28. The lowest BCUT2D eigenvalue weighted by Gasteiger charge is -2.29. The van der Waals surface area contributed by atoms with Crippen LogP contribution >= 0.6 is 0 Å². The van der Waals surface area contributed by atoms with Gasteiger partial charge in [-0.1, -0.05) is 6.92 Å². The van der Waals surface area contributed by atoms with Gasteiger partial charge in [-0.15, -0.1) is 0 Å². The third-order valence-corrected chi connectivity index (χ3v) is 3.25. The van der Waals surface area contributed by atoms with Crippen molar-refractivity contribution in [2.24, 2.45) is 5.92 Å². The average molecular weight is 214 g/mol. The summed E-state index contributed by atoms with van der Waals surface area (Å²) in [4.78, 5) is 2.56. The summed E-state index contributed by atoms with van der Waals surface area (Å²) in [7, 11) is 1.78. The third-order valence-electron chi connectivity index (χ3n) is 3.25. The number of rotatable bonds is 7. The van der Waals surface area contributed by atoms with Gasteiger partial charge in [-0.3, -0.25) is 0 Å². The molecule has 1 aliphatic rings. The molecule has 0 aromatic carbocycles. The Balaban J connectivity index is 2.13. The second-order valence-corrected chi connectivity index (χ2v) is 4.43. The molecule has 0 amide bonds. The van der Waals surface area contributed by atoms with Crippen LogP contribution in [-0.2, 0) is 4.74 Å². The van der Waals surface area contributed by atoms with Crippen LogP contribution in [0.3, 0.4) is 0 Å². The first-order chi connectivity index (χ1) is 7.36. The molecule has 1 rings (SSSR count). The lowest BCUT2D eigenvalue weighted by molar-refractivity contribution is 0.160. The smallest absolute Gasteiger partial charge is 0.0474 e. The van der Waals surface area contributed by atoms with Crippen LogP contribution in [0.5, 0.6) is 0 Å². The van der Waals surface area contributed by atoms with E-state index in [4.69, 9.17) is 4.74 Å². The van der Waals surface area contributed by atoms with Crippen molar-refractivity contribution >= 4 is 0 Å². The molecule has 3 heteroatoms. The summed E-state index contributed by atoms with van der Waals surface area (Å²) >= 11 is 0. The molecule has 0 aliphatic carbocycles. The van der Waals surface area contributed by atoms with Crippen molar-refractivity contribution in [1.82, 2.24) is 10.2 Å². The molecule has 0 unspecified atom stereocenters. The van der Waals surface area contributed by atoms with Crippen LogP contribution in [0.1, 0.15) is 26.2 Å². The number of piperidine rings is 1. The zero-order valence-electron chi connectivity index (χ0n) is 10.3. The normalized spacial score (nSPS) is 18.6.